The second kappa shape index (κ2) is 7.40. The molecule has 0 bridgehead atoms. The van der Waals surface area contributed by atoms with Gasteiger partial charge in [-0.2, -0.15) is 0 Å². The van der Waals surface area contributed by atoms with Crippen LogP contribution in [-0.4, -0.2) is 45.9 Å². The molecule has 0 radical (unpaired) electrons. The molecule has 1 fully saturated rings. The fourth-order valence-electron chi connectivity index (χ4n) is 3.72. The van der Waals surface area contributed by atoms with Crippen molar-refractivity contribution in [2.75, 3.05) is 20.6 Å². The Labute approximate surface area is 150 Å². The summed E-state index contributed by atoms with van der Waals surface area (Å²) in [5.41, 5.74) is 4.04. The molecule has 1 aliphatic rings. The molecule has 2 aromatic rings. The molecule has 1 amide bonds. The molecule has 2 heterocycles. The van der Waals surface area contributed by atoms with E-state index in [9.17, 15) is 4.79 Å². The first kappa shape index (κ1) is 17.7. The zero-order valence-electron chi connectivity index (χ0n) is 15.7. The Hall–Kier alpha value is -2.14. The van der Waals surface area contributed by atoms with Crippen LogP contribution in [0.1, 0.15) is 52.6 Å². The Morgan fingerprint density at radius 3 is 2.56 bits per heavy atom. The molecule has 0 N–H and O–H groups in total. The number of imidazole rings is 1. The van der Waals surface area contributed by atoms with Crippen molar-refractivity contribution in [3.63, 3.8) is 0 Å². The summed E-state index contributed by atoms with van der Waals surface area (Å²) in [6, 6.07) is 8.89. The smallest absolute Gasteiger partial charge is 0.272 e. The molecule has 0 saturated carbocycles. The van der Waals surface area contributed by atoms with Gasteiger partial charge in [-0.05, 0) is 51.4 Å². The molecule has 25 heavy (non-hydrogen) atoms. The number of hydrogen-bond donors (Lipinski definition) is 0. The predicted molar refractivity (Wildman–Crippen MR) is 99.4 cm³/mol. The lowest BCUT2D eigenvalue weighted by Gasteiger charge is -2.36. The summed E-state index contributed by atoms with van der Waals surface area (Å²) in [6.45, 7) is 3.65. The summed E-state index contributed by atoms with van der Waals surface area (Å²) < 4.78 is 1.84. The maximum absolute atomic E-state index is 13.2. The fourth-order valence-corrected chi connectivity index (χ4v) is 3.72. The number of likely N-dealkylation sites (tertiary alicyclic amines) is 1. The SMILES string of the molecule is Cc1ncn(C)c1C(=O)N1CCCC[C@@H]1c1ccc(CN(C)C)cc1. The summed E-state index contributed by atoms with van der Waals surface area (Å²) in [7, 11) is 6.04. The minimum absolute atomic E-state index is 0.0968. The Balaban J connectivity index is 1.85. The largest absolute Gasteiger partial charge is 0.330 e. The van der Waals surface area contributed by atoms with Crippen LogP contribution in [-0.2, 0) is 13.6 Å². The topological polar surface area (TPSA) is 41.4 Å². The van der Waals surface area contributed by atoms with Crippen molar-refractivity contribution in [3.05, 3.63) is 53.1 Å². The molecule has 0 unspecified atom stereocenters. The van der Waals surface area contributed by atoms with Crippen molar-refractivity contribution in [1.82, 2.24) is 19.4 Å². The van der Waals surface area contributed by atoms with Crippen LogP contribution in [0.15, 0.2) is 30.6 Å². The van der Waals surface area contributed by atoms with E-state index in [-0.39, 0.29) is 11.9 Å². The summed E-state index contributed by atoms with van der Waals surface area (Å²) in [5, 5.41) is 0. The number of piperidine rings is 1. The first-order valence-corrected chi connectivity index (χ1v) is 9.00. The molecule has 5 heteroatoms. The third-order valence-corrected chi connectivity index (χ3v) is 4.95. The lowest BCUT2D eigenvalue weighted by atomic mass is 9.94. The van der Waals surface area contributed by atoms with E-state index >= 15 is 0 Å². The molecule has 1 saturated heterocycles. The molecule has 1 aromatic carbocycles. The number of aryl methyl sites for hydroxylation is 2. The number of nitrogens with zero attached hydrogens (tertiary/aromatic N) is 4. The Kier molecular flexibility index (Phi) is 5.23. The number of carbonyl (C=O) groups is 1. The quantitative estimate of drug-likeness (QED) is 0.858. The number of rotatable bonds is 4. The van der Waals surface area contributed by atoms with Gasteiger partial charge < -0.3 is 14.4 Å². The molecule has 0 aliphatic carbocycles. The highest BCUT2D eigenvalue weighted by Crippen LogP contribution is 2.32. The highest BCUT2D eigenvalue weighted by Gasteiger charge is 2.30. The van der Waals surface area contributed by atoms with Crippen LogP contribution in [0.5, 0.6) is 0 Å². The highest BCUT2D eigenvalue weighted by atomic mass is 16.2. The van der Waals surface area contributed by atoms with Crippen molar-refractivity contribution >= 4 is 5.91 Å². The zero-order chi connectivity index (χ0) is 18.0. The monoisotopic (exact) mass is 340 g/mol. The van der Waals surface area contributed by atoms with Gasteiger partial charge in [-0.1, -0.05) is 24.3 Å². The molecular formula is C20H28N4O. The molecule has 1 atom stereocenters. The van der Waals surface area contributed by atoms with E-state index in [0.717, 1.165) is 38.0 Å². The van der Waals surface area contributed by atoms with Crippen LogP contribution in [0.25, 0.3) is 0 Å². The minimum atomic E-state index is 0.0968. The average Bonchev–Trinajstić information content (AvgIpc) is 2.93. The van der Waals surface area contributed by atoms with Crippen LogP contribution in [0.2, 0.25) is 0 Å². The molecule has 0 spiro atoms. The predicted octanol–water partition coefficient (Wildman–Crippen LogP) is 3.16. The fraction of sp³-hybridized carbons (Fsp3) is 0.500. The van der Waals surface area contributed by atoms with Gasteiger partial charge in [-0.3, -0.25) is 4.79 Å². The number of benzene rings is 1. The molecule has 1 aromatic heterocycles. The number of amides is 1. The average molecular weight is 340 g/mol. The molecular weight excluding hydrogens is 312 g/mol. The van der Waals surface area contributed by atoms with Gasteiger partial charge in [-0.25, -0.2) is 4.98 Å². The first-order valence-electron chi connectivity index (χ1n) is 9.00. The molecule has 3 rings (SSSR count). The van der Waals surface area contributed by atoms with Crippen LogP contribution in [0, 0.1) is 6.92 Å². The van der Waals surface area contributed by atoms with E-state index in [4.69, 9.17) is 0 Å². The van der Waals surface area contributed by atoms with Gasteiger partial charge in [0.15, 0.2) is 0 Å². The Morgan fingerprint density at radius 1 is 1.24 bits per heavy atom. The summed E-state index contributed by atoms with van der Waals surface area (Å²) in [6.07, 6.45) is 4.98. The number of aromatic nitrogens is 2. The third kappa shape index (κ3) is 3.76. The molecule has 5 nitrogen and oxygen atoms in total. The zero-order valence-corrected chi connectivity index (χ0v) is 15.7. The van der Waals surface area contributed by atoms with Crippen molar-refractivity contribution in [1.29, 1.82) is 0 Å². The summed E-state index contributed by atoms with van der Waals surface area (Å²) in [4.78, 5) is 21.6. The van der Waals surface area contributed by atoms with Crippen molar-refractivity contribution in [2.45, 2.75) is 38.8 Å². The van der Waals surface area contributed by atoms with Gasteiger partial charge in [0, 0.05) is 20.1 Å². The van der Waals surface area contributed by atoms with E-state index in [0.29, 0.717) is 5.69 Å². The van der Waals surface area contributed by atoms with Crippen molar-refractivity contribution in [3.8, 4) is 0 Å². The van der Waals surface area contributed by atoms with E-state index in [1.165, 1.54) is 11.1 Å². The van der Waals surface area contributed by atoms with Gasteiger partial charge in [-0.15, -0.1) is 0 Å². The molecule has 1 aliphatic heterocycles. The minimum Gasteiger partial charge on any atom is -0.330 e. The maximum atomic E-state index is 13.2. The molecule has 134 valence electrons. The lowest BCUT2D eigenvalue weighted by molar-refractivity contribution is 0.0600. The third-order valence-electron chi connectivity index (χ3n) is 4.95. The number of carbonyl (C=O) groups excluding carboxylic acids is 1. The van der Waals surface area contributed by atoms with Gasteiger partial charge in [0.1, 0.15) is 5.69 Å². The Morgan fingerprint density at radius 2 is 1.96 bits per heavy atom. The second-order valence-electron chi connectivity index (χ2n) is 7.28. The van der Waals surface area contributed by atoms with Crippen molar-refractivity contribution in [2.24, 2.45) is 7.05 Å². The van der Waals surface area contributed by atoms with E-state index in [1.807, 2.05) is 23.4 Å². The van der Waals surface area contributed by atoms with E-state index < -0.39 is 0 Å². The lowest BCUT2D eigenvalue weighted by Crippen LogP contribution is -2.39. The highest BCUT2D eigenvalue weighted by molar-refractivity contribution is 5.94. The van der Waals surface area contributed by atoms with E-state index in [1.54, 1.807) is 6.33 Å². The van der Waals surface area contributed by atoms with Gasteiger partial charge in [0.2, 0.25) is 0 Å². The van der Waals surface area contributed by atoms with E-state index in [2.05, 4.69) is 48.2 Å². The first-order chi connectivity index (χ1) is 12.0. The van der Waals surface area contributed by atoms with Crippen LogP contribution >= 0.6 is 0 Å². The van der Waals surface area contributed by atoms with Crippen LogP contribution < -0.4 is 0 Å². The summed E-state index contributed by atoms with van der Waals surface area (Å²) in [5.74, 6) is 0.0968. The Bertz CT molecular complexity index is 713. The van der Waals surface area contributed by atoms with Gasteiger partial charge >= 0.3 is 0 Å². The van der Waals surface area contributed by atoms with Crippen LogP contribution in [0.4, 0.5) is 0 Å². The second-order valence-corrected chi connectivity index (χ2v) is 7.28. The summed E-state index contributed by atoms with van der Waals surface area (Å²) >= 11 is 0. The van der Waals surface area contributed by atoms with Crippen molar-refractivity contribution < 1.29 is 4.79 Å². The van der Waals surface area contributed by atoms with Crippen LogP contribution in [0.3, 0.4) is 0 Å². The van der Waals surface area contributed by atoms with Gasteiger partial charge in [0.05, 0.1) is 18.1 Å². The normalized spacial score (nSPS) is 18.0. The maximum Gasteiger partial charge on any atom is 0.272 e. The van der Waals surface area contributed by atoms with Gasteiger partial charge in [0.25, 0.3) is 5.91 Å². The standard InChI is InChI=1S/C20H28N4O/c1-15-19(23(4)14-21-15)20(25)24-12-6-5-7-18(24)17-10-8-16(9-11-17)13-22(2)3/h8-11,14,18H,5-7,12-13H2,1-4H3/t18-/m1/s1. The number of hydrogen-bond acceptors (Lipinski definition) is 3.